The van der Waals surface area contributed by atoms with Gasteiger partial charge in [-0.15, -0.1) is 0 Å². The summed E-state index contributed by atoms with van der Waals surface area (Å²) < 4.78 is 11.0. The third-order valence-electron chi connectivity index (χ3n) is 5.28. The van der Waals surface area contributed by atoms with Gasteiger partial charge in [0.15, 0.2) is 0 Å². The number of carboxylic acid groups (broad SMARTS) is 1. The predicted octanol–water partition coefficient (Wildman–Crippen LogP) is 2.01. The Bertz CT molecular complexity index is 632. The van der Waals surface area contributed by atoms with Crippen LogP contribution in [0.1, 0.15) is 31.2 Å². The summed E-state index contributed by atoms with van der Waals surface area (Å²) in [5, 5.41) is 12.4. The molecule has 6 nitrogen and oxygen atoms in total. The number of hydrogen-bond acceptors (Lipinski definition) is 4. The zero-order valence-corrected chi connectivity index (χ0v) is 14.4. The molecular formula is C19H25NO5. The lowest BCUT2D eigenvalue weighted by molar-refractivity contribution is -0.145. The number of benzene rings is 1. The fraction of sp³-hybridized carbons (Fsp3) is 0.579. The summed E-state index contributed by atoms with van der Waals surface area (Å²) in [5.41, 5.74) is 0.984. The van der Waals surface area contributed by atoms with E-state index < -0.39 is 12.0 Å². The van der Waals surface area contributed by atoms with E-state index in [1.54, 1.807) is 7.11 Å². The maximum atomic E-state index is 12.6. The standard InChI is InChI=1S/C19H25NO5/c1-24-15-7-4-6-13(10-15)17(19(22)23)20-18(21)14-9-12-5-2-3-8-16(12)25-11-14/h2-3,5,8,13-15,17H,4,6-7,9-11H2,1H3,(H,20,21)(H,22,23). The fourth-order valence-electron chi connectivity index (χ4n) is 3.85. The van der Waals surface area contributed by atoms with E-state index in [9.17, 15) is 14.7 Å². The van der Waals surface area contributed by atoms with E-state index in [0.717, 1.165) is 30.6 Å². The van der Waals surface area contributed by atoms with Crippen molar-refractivity contribution >= 4 is 11.9 Å². The summed E-state index contributed by atoms with van der Waals surface area (Å²) in [6.07, 6.45) is 3.96. The quantitative estimate of drug-likeness (QED) is 0.851. The minimum absolute atomic E-state index is 0.0717. The monoisotopic (exact) mass is 347 g/mol. The van der Waals surface area contributed by atoms with Crippen LogP contribution >= 0.6 is 0 Å². The maximum absolute atomic E-state index is 12.6. The smallest absolute Gasteiger partial charge is 0.326 e. The van der Waals surface area contributed by atoms with Gasteiger partial charge in [0.1, 0.15) is 18.4 Å². The van der Waals surface area contributed by atoms with Crippen LogP contribution < -0.4 is 10.1 Å². The molecule has 1 saturated carbocycles. The number of carbonyl (C=O) groups is 2. The molecule has 25 heavy (non-hydrogen) atoms. The van der Waals surface area contributed by atoms with Crippen LogP contribution in [-0.2, 0) is 20.7 Å². The minimum Gasteiger partial charge on any atom is -0.492 e. The van der Waals surface area contributed by atoms with Crippen LogP contribution in [0.3, 0.4) is 0 Å². The Morgan fingerprint density at radius 2 is 2.12 bits per heavy atom. The minimum atomic E-state index is -0.979. The number of fused-ring (bicyclic) bond motifs is 1. The predicted molar refractivity (Wildman–Crippen MR) is 91.5 cm³/mol. The van der Waals surface area contributed by atoms with Gasteiger partial charge in [-0.3, -0.25) is 4.79 Å². The highest BCUT2D eigenvalue weighted by Crippen LogP contribution is 2.30. The van der Waals surface area contributed by atoms with Crippen molar-refractivity contribution in [2.45, 2.75) is 44.2 Å². The average molecular weight is 347 g/mol. The van der Waals surface area contributed by atoms with E-state index in [0.29, 0.717) is 12.8 Å². The Morgan fingerprint density at radius 3 is 2.88 bits per heavy atom. The lowest BCUT2D eigenvalue weighted by Crippen LogP contribution is -2.51. The lowest BCUT2D eigenvalue weighted by Gasteiger charge is -2.33. The van der Waals surface area contributed by atoms with E-state index in [1.807, 2.05) is 24.3 Å². The highest BCUT2D eigenvalue weighted by atomic mass is 16.5. The van der Waals surface area contributed by atoms with Crippen LogP contribution in [0, 0.1) is 11.8 Å². The van der Waals surface area contributed by atoms with Gasteiger partial charge in [-0.25, -0.2) is 4.79 Å². The first-order valence-electron chi connectivity index (χ1n) is 8.85. The van der Waals surface area contributed by atoms with Crippen molar-refractivity contribution in [2.24, 2.45) is 11.8 Å². The van der Waals surface area contributed by atoms with Gasteiger partial charge in [0.2, 0.25) is 5.91 Å². The van der Waals surface area contributed by atoms with Gasteiger partial charge < -0.3 is 19.9 Å². The van der Waals surface area contributed by atoms with Crippen molar-refractivity contribution in [1.82, 2.24) is 5.32 Å². The zero-order chi connectivity index (χ0) is 17.8. The number of hydrogen-bond donors (Lipinski definition) is 2. The van der Waals surface area contributed by atoms with Crippen molar-refractivity contribution < 1.29 is 24.2 Å². The maximum Gasteiger partial charge on any atom is 0.326 e. The molecule has 1 heterocycles. The molecule has 0 saturated heterocycles. The number of para-hydroxylation sites is 1. The number of ether oxygens (including phenoxy) is 2. The number of carbonyl (C=O) groups excluding carboxylic acids is 1. The number of nitrogens with one attached hydrogen (secondary N) is 1. The second-order valence-electron chi connectivity index (χ2n) is 6.93. The average Bonchev–Trinajstić information content (AvgIpc) is 2.65. The molecule has 1 amide bonds. The third-order valence-corrected chi connectivity index (χ3v) is 5.28. The second-order valence-corrected chi connectivity index (χ2v) is 6.93. The molecule has 1 fully saturated rings. The number of aliphatic carboxylic acids is 1. The largest absolute Gasteiger partial charge is 0.492 e. The van der Waals surface area contributed by atoms with Gasteiger partial charge in [0.05, 0.1) is 12.0 Å². The molecule has 2 N–H and O–H groups in total. The summed E-state index contributed by atoms with van der Waals surface area (Å²) in [5.74, 6) is -0.888. The summed E-state index contributed by atoms with van der Waals surface area (Å²) >= 11 is 0. The third kappa shape index (κ3) is 4.12. The molecule has 3 rings (SSSR count). The molecule has 1 aliphatic carbocycles. The van der Waals surface area contributed by atoms with E-state index >= 15 is 0 Å². The van der Waals surface area contributed by atoms with Crippen LogP contribution in [0.25, 0.3) is 0 Å². The van der Waals surface area contributed by atoms with Gasteiger partial charge in [0, 0.05) is 7.11 Å². The normalized spacial score (nSPS) is 26.8. The highest BCUT2D eigenvalue weighted by molar-refractivity contribution is 5.85. The molecule has 136 valence electrons. The molecule has 1 aromatic carbocycles. The first kappa shape index (κ1) is 17.7. The first-order chi connectivity index (χ1) is 12.1. The summed E-state index contributed by atoms with van der Waals surface area (Å²) in [4.78, 5) is 24.4. The van der Waals surface area contributed by atoms with Crippen molar-refractivity contribution in [3.63, 3.8) is 0 Å². The Balaban J connectivity index is 1.64. The van der Waals surface area contributed by atoms with Crippen LogP contribution in [0.2, 0.25) is 0 Å². The zero-order valence-electron chi connectivity index (χ0n) is 14.4. The molecule has 6 heteroatoms. The van der Waals surface area contributed by atoms with Crippen molar-refractivity contribution in [3.05, 3.63) is 29.8 Å². The summed E-state index contributed by atoms with van der Waals surface area (Å²) in [6, 6.07) is 6.76. The van der Waals surface area contributed by atoms with Crippen LogP contribution in [-0.4, -0.2) is 42.8 Å². The van der Waals surface area contributed by atoms with Gasteiger partial charge in [-0.05, 0) is 43.2 Å². The number of rotatable bonds is 5. The molecule has 0 radical (unpaired) electrons. The Labute approximate surface area is 147 Å². The summed E-state index contributed by atoms with van der Waals surface area (Å²) in [6.45, 7) is 0.278. The summed E-state index contributed by atoms with van der Waals surface area (Å²) in [7, 11) is 1.65. The van der Waals surface area contributed by atoms with Crippen molar-refractivity contribution in [1.29, 1.82) is 0 Å². The van der Waals surface area contributed by atoms with Gasteiger partial charge in [0.25, 0.3) is 0 Å². The SMILES string of the molecule is COC1CCCC(C(NC(=O)C2COc3ccccc3C2)C(=O)O)C1. The fourth-order valence-corrected chi connectivity index (χ4v) is 3.85. The first-order valence-corrected chi connectivity index (χ1v) is 8.85. The Hall–Kier alpha value is -2.08. The van der Waals surface area contributed by atoms with E-state index in [1.165, 1.54) is 0 Å². The number of amides is 1. The Kier molecular flexibility index (Phi) is 5.58. The molecule has 0 spiro atoms. The molecular weight excluding hydrogens is 322 g/mol. The topological polar surface area (TPSA) is 84.9 Å². The van der Waals surface area contributed by atoms with Crippen molar-refractivity contribution in [3.8, 4) is 5.75 Å². The highest BCUT2D eigenvalue weighted by Gasteiger charge is 2.36. The molecule has 0 bridgehead atoms. The van der Waals surface area contributed by atoms with E-state index in [-0.39, 0.29) is 30.5 Å². The van der Waals surface area contributed by atoms with Gasteiger partial charge in [-0.1, -0.05) is 24.6 Å². The number of methoxy groups -OCH3 is 1. The van der Waals surface area contributed by atoms with Crippen molar-refractivity contribution in [2.75, 3.05) is 13.7 Å². The van der Waals surface area contributed by atoms with Gasteiger partial charge in [-0.2, -0.15) is 0 Å². The molecule has 0 aromatic heterocycles. The van der Waals surface area contributed by atoms with E-state index in [2.05, 4.69) is 5.32 Å². The molecule has 2 aliphatic rings. The van der Waals surface area contributed by atoms with E-state index in [4.69, 9.17) is 9.47 Å². The van der Waals surface area contributed by atoms with Crippen LogP contribution in [0.5, 0.6) is 5.75 Å². The number of carboxylic acids is 1. The lowest BCUT2D eigenvalue weighted by atomic mass is 9.82. The second kappa shape index (κ2) is 7.87. The molecule has 4 atom stereocenters. The van der Waals surface area contributed by atoms with Crippen LogP contribution in [0.15, 0.2) is 24.3 Å². The molecule has 1 aliphatic heterocycles. The van der Waals surface area contributed by atoms with Crippen LogP contribution in [0.4, 0.5) is 0 Å². The molecule has 4 unspecified atom stereocenters. The van der Waals surface area contributed by atoms with Gasteiger partial charge >= 0.3 is 5.97 Å². The Morgan fingerprint density at radius 1 is 1.32 bits per heavy atom. The molecule has 1 aromatic rings.